The summed E-state index contributed by atoms with van der Waals surface area (Å²) in [6.07, 6.45) is 2.88. The van der Waals surface area contributed by atoms with E-state index >= 15 is 0 Å². The number of rotatable bonds is 4. The van der Waals surface area contributed by atoms with Crippen LogP contribution in [0.1, 0.15) is 15.9 Å². The minimum absolute atomic E-state index is 0.0562. The van der Waals surface area contributed by atoms with E-state index in [1.165, 1.54) is 13.2 Å². The molecule has 0 unspecified atom stereocenters. The topological polar surface area (TPSA) is 79.5 Å². The van der Waals surface area contributed by atoms with Gasteiger partial charge in [-0.1, -0.05) is 27.5 Å². The smallest absolute Gasteiger partial charge is 0.269 e. The molecule has 0 fully saturated rings. The van der Waals surface area contributed by atoms with Crippen LogP contribution >= 0.6 is 55.7 Å². The predicted molar refractivity (Wildman–Crippen MR) is 120 cm³/mol. The number of amides is 2. The lowest BCUT2D eigenvalue weighted by Gasteiger charge is -2.10. The van der Waals surface area contributed by atoms with Crippen molar-refractivity contribution in [1.29, 1.82) is 0 Å². The Morgan fingerprint density at radius 3 is 2.46 bits per heavy atom. The molecule has 0 aliphatic rings. The van der Waals surface area contributed by atoms with E-state index in [4.69, 9.17) is 28.6 Å². The van der Waals surface area contributed by atoms with Crippen LogP contribution in [-0.2, 0) is 4.79 Å². The summed E-state index contributed by atoms with van der Waals surface area (Å²) in [6.45, 7) is 0. The number of carbonyl (C=O) groups is 2. The zero-order valence-electron chi connectivity index (χ0n) is 14.4. The van der Waals surface area contributed by atoms with E-state index < -0.39 is 11.8 Å². The molecule has 0 bridgehead atoms. The molecule has 2 amide bonds. The zero-order chi connectivity index (χ0) is 20.7. The highest BCUT2D eigenvalue weighted by Gasteiger charge is 2.09. The number of hydrazine groups is 1. The largest absolute Gasteiger partial charge is 0.495 e. The number of hydrogen-bond donors (Lipinski definition) is 3. The summed E-state index contributed by atoms with van der Waals surface area (Å²) in [4.78, 5) is 24.0. The first kappa shape index (κ1) is 22.4. The summed E-state index contributed by atoms with van der Waals surface area (Å²) in [5.74, 6) is -0.313. The average molecular weight is 548 g/mol. The van der Waals surface area contributed by atoms with Gasteiger partial charge in [-0.25, -0.2) is 0 Å². The molecule has 0 aliphatic heterocycles. The molecule has 28 heavy (non-hydrogen) atoms. The Hall–Kier alpha value is -1.94. The lowest BCUT2D eigenvalue weighted by atomic mass is 10.2. The number of ether oxygens (including phenoxy) is 1. The molecular weight excluding hydrogens is 534 g/mol. The maximum atomic E-state index is 12.0. The summed E-state index contributed by atoms with van der Waals surface area (Å²) < 4.78 is 6.88. The summed E-state index contributed by atoms with van der Waals surface area (Å²) in [5.41, 5.74) is 5.92. The highest BCUT2D eigenvalue weighted by Crippen LogP contribution is 2.33. The van der Waals surface area contributed by atoms with Crippen molar-refractivity contribution >= 4 is 78.7 Å². The Kier molecular flexibility index (Phi) is 8.43. The first-order valence-electron chi connectivity index (χ1n) is 7.68. The monoisotopic (exact) mass is 545 g/mol. The van der Waals surface area contributed by atoms with Gasteiger partial charge in [0.2, 0.25) is 5.91 Å². The Bertz CT molecular complexity index is 936. The van der Waals surface area contributed by atoms with Gasteiger partial charge in [0, 0.05) is 26.7 Å². The summed E-state index contributed by atoms with van der Waals surface area (Å²) in [7, 11) is 1.54. The molecule has 2 aromatic carbocycles. The van der Waals surface area contributed by atoms with Crippen LogP contribution in [0, 0.1) is 0 Å². The molecule has 0 spiro atoms. The predicted octanol–water partition coefficient (Wildman–Crippen LogP) is 4.22. The third-order valence-electron chi connectivity index (χ3n) is 3.29. The molecule has 0 aliphatic carbocycles. The van der Waals surface area contributed by atoms with E-state index in [2.05, 4.69) is 48.0 Å². The fourth-order valence-corrected chi connectivity index (χ4v) is 3.75. The highest BCUT2D eigenvalue weighted by atomic mass is 79.9. The molecule has 2 rings (SSSR count). The summed E-state index contributed by atoms with van der Waals surface area (Å²) in [6, 6.07) is 9.95. The van der Waals surface area contributed by atoms with Gasteiger partial charge in [0.15, 0.2) is 5.11 Å². The Morgan fingerprint density at radius 1 is 1.14 bits per heavy atom. The number of halogens is 3. The normalized spacial score (nSPS) is 10.4. The van der Waals surface area contributed by atoms with Crippen LogP contribution in [0.2, 0.25) is 5.02 Å². The molecule has 0 saturated carbocycles. The van der Waals surface area contributed by atoms with Crippen molar-refractivity contribution in [2.24, 2.45) is 0 Å². The van der Waals surface area contributed by atoms with Crippen LogP contribution in [-0.4, -0.2) is 24.0 Å². The molecule has 6 nitrogen and oxygen atoms in total. The summed E-state index contributed by atoms with van der Waals surface area (Å²) in [5, 5.41) is 2.89. The van der Waals surface area contributed by atoms with Crippen molar-refractivity contribution < 1.29 is 14.3 Å². The minimum atomic E-state index is -0.476. The molecule has 0 radical (unpaired) electrons. The van der Waals surface area contributed by atoms with E-state index in [1.54, 1.807) is 36.4 Å². The maximum Gasteiger partial charge on any atom is 0.269 e. The number of carbonyl (C=O) groups excluding carboxylic acids is 2. The van der Waals surface area contributed by atoms with Crippen LogP contribution in [0.25, 0.3) is 6.08 Å². The van der Waals surface area contributed by atoms with Crippen molar-refractivity contribution in [2.75, 3.05) is 7.11 Å². The lowest BCUT2D eigenvalue weighted by molar-refractivity contribution is -0.115. The molecule has 0 aromatic heterocycles. The number of methoxy groups -OCH3 is 1. The summed E-state index contributed by atoms with van der Waals surface area (Å²) >= 11 is 17.5. The van der Waals surface area contributed by atoms with E-state index in [0.29, 0.717) is 21.9 Å². The van der Waals surface area contributed by atoms with Gasteiger partial charge in [0.25, 0.3) is 5.91 Å². The third-order valence-corrected chi connectivity index (χ3v) is 4.79. The number of benzene rings is 2. The van der Waals surface area contributed by atoms with Crippen LogP contribution in [0.15, 0.2) is 51.4 Å². The first-order valence-corrected chi connectivity index (χ1v) is 10.1. The fraction of sp³-hybridized carbons (Fsp3) is 0.0556. The minimum Gasteiger partial charge on any atom is -0.495 e. The average Bonchev–Trinajstić information content (AvgIpc) is 2.64. The lowest BCUT2D eigenvalue weighted by Crippen LogP contribution is -2.48. The van der Waals surface area contributed by atoms with Crippen molar-refractivity contribution in [3.05, 3.63) is 67.6 Å². The van der Waals surface area contributed by atoms with Gasteiger partial charge in [-0.2, -0.15) is 0 Å². The molecule has 0 heterocycles. The second-order valence-corrected chi connectivity index (χ2v) is 7.86. The van der Waals surface area contributed by atoms with E-state index in [-0.39, 0.29) is 5.11 Å². The molecule has 2 aromatic rings. The Balaban J connectivity index is 1.90. The van der Waals surface area contributed by atoms with E-state index in [1.807, 2.05) is 6.07 Å². The van der Waals surface area contributed by atoms with Crippen LogP contribution in [0.5, 0.6) is 5.75 Å². The Morgan fingerprint density at radius 2 is 1.82 bits per heavy atom. The highest BCUT2D eigenvalue weighted by molar-refractivity contribution is 9.11. The number of thiocarbonyl (C=S) groups is 1. The van der Waals surface area contributed by atoms with Gasteiger partial charge in [0.05, 0.1) is 11.6 Å². The molecule has 0 atom stereocenters. The van der Waals surface area contributed by atoms with E-state index in [9.17, 15) is 9.59 Å². The molecule has 146 valence electrons. The van der Waals surface area contributed by atoms with Crippen molar-refractivity contribution in [3.8, 4) is 5.75 Å². The molecule has 0 saturated heterocycles. The second-order valence-electron chi connectivity index (χ2n) is 5.25. The third kappa shape index (κ3) is 6.59. The van der Waals surface area contributed by atoms with E-state index in [0.717, 1.165) is 8.95 Å². The van der Waals surface area contributed by atoms with Gasteiger partial charge < -0.3 is 4.74 Å². The zero-order valence-corrected chi connectivity index (χ0v) is 19.1. The van der Waals surface area contributed by atoms with Crippen molar-refractivity contribution in [2.45, 2.75) is 0 Å². The number of hydrogen-bond acceptors (Lipinski definition) is 4. The fourth-order valence-electron chi connectivity index (χ4n) is 2.06. The molecule has 10 heteroatoms. The van der Waals surface area contributed by atoms with Crippen LogP contribution in [0.3, 0.4) is 0 Å². The van der Waals surface area contributed by atoms with Gasteiger partial charge in [-0.3, -0.25) is 25.8 Å². The quantitative estimate of drug-likeness (QED) is 0.304. The van der Waals surface area contributed by atoms with Crippen LogP contribution in [0.4, 0.5) is 0 Å². The maximum absolute atomic E-state index is 12.0. The molecule has 3 N–H and O–H groups in total. The van der Waals surface area contributed by atoms with Crippen molar-refractivity contribution in [1.82, 2.24) is 16.2 Å². The van der Waals surface area contributed by atoms with Crippen LogP contribution < -0.4 is 20.9 Å². The first-order chi connectivity index (χ1) is 13.3. The van der Waals surface area contributed by atoms with Gasteiger partial charge in [-0.05, 0) is 70.6 Å². The SMILES string of the molecule is COc1c(Br)cc(Br)cc1/C=C/C(=O)NC(=S)NNC(=O)c1ccc(Cl)cc1. The second kappa shape index (κ2) is 10.6. The van der Waals surface area contributed by atoms with Gasteiger partial charge in [0.1, 0.15) is 5.75 Å². The molecular formula is C18H14Br2ClN3O3S. The van der Waals surface area contributed by atoms with Gasteiger partial charge in [-0.15, -0.1) is 0 Å². The number of nitrogens with one attached hydrogen (secondary N) is 3. The van der Waals surface area contributed by atoms with Crippen molar-refractivity contribution in [3.63, 3.8) is 0 Å². The standard InChI is InChI=1S/C18H14Br2ClN3O3S/c1-27-16-11(8-12(19)9-14(16)20)4-7-15(25)22-18(28)24-23-17(26)10-2-5-13(21)6-3-10/h2-9H,1H3,(H,23,26)(H2,22,24,25,28)/b7-4+. The van der Waals surface area contributed by atoms with Gasteiger partial charge >= 0.3 is 0 Å². The Labute approximate surface area is 188 Å².